The van der Waals surface area contributed by atoms with Gasteiger partial charge in [0.05, 0.1) is 42.0 Å². The average molecular weight is 328 g/mol. The summed E-state index contributed by atoms with van der Waals surface area (Å²) in [4.78, 5) is 1.42. The third-order valence-corrected chi connectivity index (χ3v) is 3.31. The molecule has 0 amide bonds. The van der Waals surface area contributed by atoms with Gasteiger partial charge in [-0.3, -0.25) is 0 Å². The predicted octanol–water partition coefficient (Wildman–Crippen LogP) is 0.533. The van der Waals surface area contributed by atoms with Crippen molar-refractivity contribution in [3.8, 4) is 17.2 Å². The zero-order chi connectivity index (χ0) is 16.5. The van der Waals surface area contributed by atoms with Gasteiger partial charge in [-0.05, 0) is 12.2 Å². The van der Waals surface area contributed by atoms with Crippen molar-refractivity contribution >= 4 is 23.0 Å². The second kappa shape index (κ2) is 9.32. The molecular formula is C15H26N3O3S+. The monoisotopic (exact) mass is 328 g/mol. The second-order valence-electron chi connectivity index (χ2n) is 5.11. The van der Waals surface area contributed by atoms with E-state index in [1.54, 1.807) is 21.3 Å². The van der Waals surface area contributed by atoms with Crippen LogP contribution in [0, 0.1) is 0 Å². The number of hydrogen-bond donors (Lipinski definition) is 3. The van der Waals surface area contributed by atoms with E-state index in [4.69, 9.17) is 26.4 Å². The van der Waals surface area contributed by atoms with E-state index < -0.39 is 0 Å². The van der Waals surface area contributed by atoms with Gasteiger partial charge >= 0.3 is 0 Å². The van der Waals surface area contributed by atoms with Gasteiger partial charge < -0.3 is 29.7 Å². The third kappa shape index (κ3) is 5.57. The van der Waals surface area contributed by atoms with E-state index in [-0.39, 0.29) is 0 Å². The lowest BCUT2D eigenvalue weighted by molar-refractivity contribution is -0.858. The minimum atomic E-state index is 0.559. The number of benzene rings is 1. The average Bonchev–Trinajstić information content (AvgIpc) is 2.50. The molecule has 7 heteroatoms. The number of nitrogens with one attached hydrogen (secondary N) is 3. The van der Waals surface area contributed by atoms with Gasteiger partial charge in [-0.1, -0.05) is 0 Å². The van der Waals surface area contributed by atoms with E-state index in [0.29, 0.717) is 22.4 Å². The quantitative estimate of drug-likeness (QED) is 0.478. The van der Waals surface area contributed by atoms with Crippen molar-refractivity contribution in [1.29, 1.82) is 0 Å². The van der Waals surface area contributed by atoms with E-state index in [9.17, 15) is 0 Å². The van der Waals surface area contributed by atoms with E-state index in [1.807, 2.05) is 12.1 Å². The topological polar surface area (TPSA) is 56.2 Å². The molecule has 0 bridgehead atoms. The summed E-state index contributed by atoms with van der Waals surface area (Å²) in [5.41, 5.74) is 0.783. The molecule has 0 fully saturated rings. The normalized spacial score (nSPS) is 10.3. The van der Waals surface area contributed by atoms with Crippen LogP contribution in [0.15, 0.2) is 12.1 Å². The first kappa shape index (κ1) is 18.3. The maximum atomic E-state index is 5.31. The molecular weight excluding hydrogens is 302 g/mol. The molecule has 1 aromatic carbocycles. The number of ether oxygens (including phenoxy) is 3. The molecule has 0 spiro atoms. The number of methoxy groups -OCH3 is 3. The van der Waals surface area contributed by atoms with E-state index in [1.165, 1.54) is 4.90 Å². The highest BCUT2D eigenvalue weighted by Gasteiger charge is 2.13. The fourth-order valence-corrected chi connectivity index (χ4v) is 2.19. The minimum Gasteiger partial charge on any atom is -0.493 e. The summed E-state index contributed by atoms with van der Waals surface area (Å²) in [6.45, 7) is 1.93. The van der Waals surface area contributed by atoms with Crippen LogP contribution in [0.5, 0.6) is 17.2 Å². The SMILES string of the molecule is COc1cc(NC(=S)NCCC[NH+](C)C)cc(OC)c1OC. The molecule has 0 radical (unpaired) electrons. The Labute approximate surface area is 137 Å². The van der Waals surface area contributed by atoms with Crippen molar-refractivity contribution in [1.82, 2.24) is 5.32 Å². The van der Waals surface area contributed by atoms with Crippen LogP contribution >= 0.6 is 12.2 Å². The number of rotatable bonds is 8. The maximum absolute atomic E-state index is 5.31. The lowest BCUT2D eigenvalue weighted by atomic mass is 10.2. The molecule has 0 unspecified atom stereocenters. The minimum absolute atomic E-state index is 0.559. The number of quaternary nitrogens is 1. The predicted molar refractivity (Wildman–Crippen MR) is 92.6 cm³/mol. The van der Waals surface area contributed by atoms with Gasteiger partial charge in [0.1, 0.15) is 0 Å². The summed E-state index contributed by atoms with van der Waals surface area (Å²) >= 11 is 5.29. The molecule has 1 rings (SSSR count). The van der Waals surface area contributed by atoms with Crippen LogP contribution in [0.4, 0.5) is 5.69 Å². The summed E-state index contributed by atoms with van der Waals surface area (Å²) in [7, 11) is 9.01. The Morgan fingerprint density at radius 1 is 1.09 bits per heavy atom. The lowest BCUT2D eigenvalue weighted by Crippen LogP contribution is -3.05. The molecule has 124 valence electrons. The highest BCUT2D eigenvalue weighted by atomic mass is 32.1. The molecule has 0 atom stereocenters. The Morgan fingerprint density at radius 2 is 1.68 bits per heavy atom. The van der Waals surface area contributed by atoms with Gasteiger partial charge in [-0.15, -0.1) is 0 Å². The smallest absolute Gasteiger partial charge is 0.203 e. The zero-order valence-electron chi connectivity index (χ0n) is 13.9. The summed E-state index contributed by atoms with van der Waals surface area (Å²) in [5.74, 6) is 1.73. The van der Waals surface area contributed by atoms with Crippen molar-refractivity contribution in [2.45, 2.75) is 6.42 Å². The Kier molecular flexibility index (Phi) is 7.76. The second-order valence-corrected chi connectivity index (χ2v) is 5.51. The van der Waals surface area contributed by atoms with E-state index in [0.717, 1.165) is 25.2 Å². The van der Waals surface area contributed by atoms with Crippen LogP contribution in [-0.4, -0.2) is 53.6 Å². The molecule has 22 heavy (non-hydrogen) atoms. The maximum Gasteiger partial charge on any atom is 0.203 e. The van der Waals surface area contributed by atoms with Crippen LogP contribution < -0.4 is 29.7 Å². The lowest BCUT2D eigenvalue weighted by Gasteiger charge is -2.16. The molecule has 0 heterocycles. The largest absolute Gasteiger partial charge is 0.493 e. The van der Waals surface area contributed by atoms with Crippen molar-refractivity contribution in [2.75, 3.05) is 53.8 Å². The molecule has 0 aliphatic heterocycles. The van der Waals surface area contributed by atoms with Gasteiger partial charge in [0.2, 0.25) is 5.75 Å². The Hall–Kier alpha value is -1.73. The zero-order valence-corrected chi connectivity index (χ0v) is 14.7. The number of thiocarbonyl (C=S) groups is 1. The molecule has 0 aliphatic carbocycles. The molecule has 0 saturated heterocycles. The van der Waals surface area contributed by atoms with Gasteiger partial charge in [0, 0.05) is 30.8 Å². The van der Waals surface area contributed by atoms with Crippen LogP contribution in [0.1, 0.15) is 6.42 Å². The summed E-state index contributed by atoms with van der Waals surface area (Å²) < 4.78 is 15.9. The van der Waals surface area contributed by atoms with Gasteiger partial charge in [0.25, 0.3) is 0 Å². The Bertz CT molecular complexity index is 470. The van der Waals surface area contributed by atoms with Crippen LogP contribution in [0.25, 0.3) is 0 Å². The van der Waals surface area contributed by atoms with Crippen molar-refractivity contribution in [2.24, 2.45) is 0 Å². The van der Waals surface area contributed by atoms with E-state index >= 15 is 0 Å². The first-order valence-corrected chi connectivity index (χ1v) is 7.56. The van der Waals surface area contributed by atoms with Crippen molar-refractivity contribution in [3.05, 3.63) is 12.1 Å². The fourth-order valence-electron chi connectivity index (χ4n) is 1.97. The van der Waals surface area contributed by atoms with Crippen molar-refractivity contribution < 1.29 is 19.1 Å². The standard InChI is InChI=1S/C15H25N3O3S/c1-18(2)8-6-7-16-15(22)17-11-9-12(19-3)14(21-5)13(10-11)20-4/h9-10H,6-8H2,1-5H3,(H2,16,17,22)/p+1. The summed E-state index contributed by atoms with van der Waals surface area (Å²) in [6.07, 6.45) is 1.05. The van der Waals surface area contributed by atoms with Gasteiger partial charge in [0.15, 0.2) is 16.6 Å². The summed E-state index contributed by atoms with van der Waals surface area (Å²) in [5, 5.41) is 6.89. The molecule has 1 aromatic rings. The Morgan fingerprint density at radius 3 is 2.14 bits per heavy atom. The molecule has 6 nitrogen and oxygen atoms in total. The van der Waals surface area contributed by atoms with Crippen molar-refractivity contribution in [3.63, 3.8) is 0 Å². The fraction of sp³-hybridized carbons (Fsp3) is 0.533. The first-order valence-electron chi connectivity index (χ1n) is 7.15. The highest BCUT2D eigenvalue weighted by molar-refractivity contribution is 7.80. The molecule has 0 saturated carbocycles. The van der Waals surface area contributed by atoms with Crippen LogP contribution in [0.2, 0.25) is 0 Å². The van der Waals surface area contributed by atoms with Gasteiger partial charge in [-0.2, -0.15) is 0 Å². The first-order chi connectivity index (χ1) is 10.5. The Balaban J connectivity index is 2.66. The van der Waals surface area contributed by atoms with Crippen LogP contribution in [-0.2, 0) is 0 Å². The number of anilines is 1. The molecule has 0 aliphatic rings. The van der Waals surface area contributed by atoms with Gasteiger partial charge in [-0.25, -0.2) is 0 Å². The number of hydrogen-bond acceptors (Lipinski definition) is 4. The van der Waals surface area contributed by atoms with E-state index in [2.05, 4.69) is 24.7 Å². The highest BCUT2D eigenvalue weighted by Crippen LogP contribution is 2.39. The third-order valence-electron chi connectivity index (χ3n) is 3.06. The molecule has 3 N–H and O–H groups in total. The summed E-state index contributed by atoms with van der Waals surface area (Å²) in [6, 6.07) is 3.64. The molecule has 0 aromatic heterocycles. The van der Waals surface area contributed by atoms with Crippen LogP contribution in [0.3, 0.4) is 0 Å².